The van der Waals surface area contributed by atoms with Crippen LogP contribution in [0.3, 0.4) is 0 Å². The Morgan fingerprint density at radius 2 is 1.84 bits per heavy atom. The maximum absolute atomic E-state index is 12.9. The van der Waals surface area contributed by atoms with Gasteiger partial charge in [0.15, 0.2) is 0 Å². The Kier molecular flexibility index (Phi) is 8.37. The standard InChI is InChI=1S/C24H31N3O3S/c1-17-20(16-27-11-13-31-14-12-27)5-4-6-22(17)26-24(29)15-23(25-18(2)28)19-7-9-21(30-3)10-8-19/h4-10,23H,11-16H2,1-3H3,(H,25,28)(H,26,29). The number of amides is 2. The number of hydrogen-bond donors (Lipinski definition) is 2. The third-order valence-electron chi connectivity index (χ3n) is 5.50. The summed E-state index contributed by atoms with van der Waals surface area (Å²) in [4.78, 5) is 27.0. The normalized spacial score (nSPS) is 15.2. The molecule has 1 saturated heterocycles. The van der Waals surface area contributed by atoms with Gasteiger partial charge in [0.2, 0.25) is 11.8 Å². The van der Waals surface area contributed by atoms with E-state index in [0.29, 0.717) is 0 Å². The molecule has 1 aliphatic rings. The van der Waals surface area contributed by atoms with Gasteiger partial charge in [-0.3, -0.25) is 14.5 Å². The Bertz CT molecular complexity index is 895. The number of thioether (sulfide) groups is 1. The molecule has 1 fully saturated rings. The zero-order valence-electron chi connectivity index (χ0n) is 18.4. The monoisotopic (exact) mass is 441 g/mol. The number of hydrogen-bond acceptors (Lipinski definition) is 5. The summed E-state index contributed by atoms with van der Waals surface area (Å²) in [6.45, 7) is 6.61. The zero-order chi connectivity index (χ0) is 22.2. The van der Waals surface area contributed by atoms with E-state index >= 15 is 0 Å². The minimum atomic E-state index is -0.405. The largest absolute Gasteiger partial charge is 0.497 e. The van der Waals surface area contributed by atoms with E-state index in [0.717, 1.165) is 42.2 Å². The van der Waals surface area contributed by atoms with Crippen LogP contribution in [0.25, 0.3) is 0 Å². The molecule has 1 aliphatic heterocycles. The van der Waals surface area contributed by atoms with Crippen molar-refractivity contribution in [3.8, 4) is 5.75 Å². The quantitative estimate of drug-likeness (QED) is 0.653. The fourth-order valence-corrected chi connectivity index (χ4v) is 4.69. The van der Waals surface area contributed by atoms with Crippen molar-refractivity contribution >= 4 is 29.3 Å². The highest BCUT2D eigenvalue weighted by Gasteiger charge is 2.19. The maximum atomic E-state index is 12.9. The molecule has 0 radical (unpaired) electrons. The third kappa shape index (κ3) is 6.74. The van der Waals surface area contributed by atoms with Gasteiger partial charge in [-0.05, 0) is 41.8 Å². The minimum absolute atomic E-state index is 0.135. The van der Waals surface area contributed by atoms with Gasteiger partial charge in [-0.25, -0.2) is 0 Å². The molecule has 2 N–H and O–H groups in total. The molecular weight excluding hydrogens is 410 g/mol. The van der Waals surface area contributed by atoms with Gasteiger partial charge < -0.3 is 15.4 Å². The van der Waals surface area contributed by atoms with Crippen molar-refractivity contribution in [3.63, 3.8) is 0 Å². The van der Waals surface area contributed by atoms with Crippen LogP contribution in [0.1, 0.15) is 36.1 Å². The van der Waals surface area contributed by atoms with E-state index in [9.17, 15) is 9.59 Å². The molecule has 2 aromatic carbocycles. The van der Waals surface area contributed by atoms with Crippen LogP contribution < -0.4 is 15.4 Å². The highest BCUT2D eigenvalue weighted by atomic mass is 32.2. The summed E-state index contributed by atoms with van der Waals surface area (Å²) < 4.78 is 5.20. The first-order valence-electron chi connectivity index (χ1n) is 10.6. The second-order valence-corrected chi connectivity index (χ2v) is 8.98. The molecule has 1 unspecified atom stereocenters. The van der Waals surface area contributed by atoms with Crippen molar-refractivity contribution in [1.29, 1.82) is 0 Å². The van der Waals surface area contributed by atoms with Crippen LogP contribution in [0.2, 0.25) is 0 Å². The molecule has 31 heavy (non-hydrogen) atoms. The smallest absolute Gasteiger partial charge is 0.226 e. The summed E-state index contributed by atoms with van der Waals surface area (Å²) in [5.41, 5.74) is 4.01. The first-order chi connectivity index (χ1) is 15.0. The lowest BCUT2D eigenvalue weighted by Gasteiger charge is -2.27. The summed E-state index contributed by atoms with van der Waals surface area (Å²) in [6.07, 6.45) is 0.152. The summed E-state index contributed by atoms with van der Waals surface area (Å²) >= 11 is 2.00. The number of anilines is 1. The molecule has 2 amide bonds. The molecule has 0 bridgehead atoms. The van der Waals surface area contributed by atoms with Gasteiger partial charge in [0.1, 0.15) is 5.75 Å². The van der Waals surface area contributed by atoms with Gasteiger partial charge in [0, 0.05) is 43.8 Å². The predicted molar refractivity (Wildman–Crippen MR) is 127 cm³/mol. The molecule has 1 heterocycles. The molecule has 0 aromatic heterocycles. The fraction of sp³-hybridized carbons (Fsp3) is 0.417. The number of benzene rings is 2. The summed E-state index contributed by atoms with van der Waals surface area (Å²) in [5.74, 6) is 2.77. The van der Waals surface area contributed by atoms with Crippen molar-refractivity contribution in [1.82, 2.24) is 10.2 Å². The maximum Gasteiger partial charge on any atom is 0.226 e. The van der Waals surface area contributed by atoms with E-state index in [2.05, 4.69) is 28.5 Å². The highest BCUT2D eigenvalue weighted by Crippen LogP contribution is 2.24. The Morgan fingerprint density at radius 3 is 2.48 bits per heavy atom. The average Bonchev–Trinajstić information content (AvgIpc) is 2.76. The number of carbonyl (C=O) groups excluding carboxylic acids is 2. The van der Waals surface area contributed by atoms with E-state index in [1.807, 2.05) is 48.2 Å². The highest BCUT2D eigenvalue weighted by molar-refractivity contribution is 7.99. The van der Waals surface area contributed by atoms with Crippen LogP contribution in [0.15, 0.2) is 42.5 Å². The fourth-order valence-electron chi connectivity index (χ4n) is 3.71. The van der Waals surface area contributed by atoms with E-state index in [1.54, 1.807) is 7.11 Å². The molecule has 0 aliphatic carbocycles. The summed E-state index contributed by atoms with van der Waals surface area (Å²) in [5, 5.41) is 5.93. The van der Waals surface area contributed by atoms with Gasteiger partial charge in [-0.1, -0.05) is 24.3 Å². The lowest BCUT2D eigenvalue weighted by molar-refractivity contribution is -0.120. The number of nitrogens with one attached hydrogen (secondary N) is 2. The molecule has 6 nitrogen and oxygen atoms in total. The van der Waals surface area contributed by atoms with Gasteiger partial charge in [0.05, 0.1) is 19.6 Å². The first-order valence-corrected chi connectivity index (χ1v) is 11.7. The van der Waals surface area contributed by atoms with E-state index in [4.69, 9.17) is 4.74 Å². The van der Waals surface area contributed by atoms with Gasteiger partial charge in [-0.2, -0.15) is 11.8 Å². The van der Waals surface area contributed by atoms with Gasteiger partial charge in [-0.15, -0.1) is 0 Å². The zero-order valence-corrected chi connectivity index (χ0v) is 19.3. The van der Waals surface area contributed by atoms with Crippen LogP contribution in [-0.2, 0) is 16.1 Å². The Balaban J connectivity index is 1.68. The number of nitrogens with zero attached hydrogens (tertiary/aromatic N) is 1. The number of rotatable bonds is 8. The molecular formula is C24H31N3O3S. The van der Waals surface area contributed by atoms with Crippen molar-refractivity contribution in [3.05, 3.63) is 59.2 Å². The lowest BCUT2D eigenvalue weighted by Crippen LogP contribution is -2.32. The number of methoxy groups -OCH3 is 1. The van der Waals surface area contributed by atoms with Gasteiger partial charge in [0.25, 0.3) is 0 Å². The average molecular weight is 442 g/mol. The van der Waals surface area contributed by atoms with Crippen LogP contribution in [0.4, 0.5) is 5.69 Å². The molecule has 166 valence electrons. The molecule has 3 rings (SSSR count). The Labute approximate surface area is 188 Å². The van der Waals surface area contributed by atoms with Gasteiger partial charge >= 0.3 is 0 Å². The predicted octanol–water partition coefficient (Wildman–Crippen LogP) is 3.76. The number of ether oxygens (including phenoxy) is 1. The SMILES string of the molecule is COc1ccc(C(CC(=O)Nc2cccc(CN3CCSCC3)c2C)NC(C)=O)cc1. The van der Waals surface area contributed by atoms with Crippen molar-refractivity contribution < 1.29 is 14.3 Å². The first kappa shape index (κ1) is 23.2. The van der Waals surface area contributed by atoms with E-state index < -0.39 is 6.04 Å². The minimum Gasteiger partial charge on any atom is -0.497 e. The topological polar surface area (TPSA) is 70.7 Å². The van der Waals surface area contributed by atoms with Crippen LogP contribution in [0.5, 0.6) is 5.75 Å². The summed E-state index contributed by atoms with van der Waals surface area (Å²) in [7, 11) is 1.61. The number of carbonyl (C=O) groups is 2. The Hall–Kier alpha value is -2.51. The second-order valence-electron chi connectivity index (χ2n) is 7.76. The molecule has 0 spiro atoms. The lowest BCUT2D eigenvalue weighted by atomic mass is 10.0. The Morgan fingerprint density at radius 1 is 1.13 bits per heavy atom. The molecule has 0 saturated carbocycles. The van der Waals surface area contributed by atoms with E-state index in [-0.39, 0.29) is 18.2 Å². The van der Waals surface area contributed by atoms with E-state index in [1.165, 1.54) is 24.0 Å². The third-order valence-corrected chi connectivity index (χ3v) is 6.45. The van der Waals surface area contributed by atoms with Crippen LogP contribution >= 0.6 is 11.8 Å². The molecule has 2 aromatic rings. The van der Waals surface area contributed by atoms with Crippen LogP contribution in [-0.4, -0.2) is 48.4 Å². The van der Waals surface area contributed by atoms with Crippen molar-refractivity contribution in [2.45, 2.75) is 32.9 Å². The van der Waals surface area contributed by atoms with Crippen molar-refractivity contribution in [2.24, 2.45) is 0 Å². The second kappa shape index (κ2) is 11.2. The molecule has 1 atom stereocenters. The van der Waals surface area contributed by atoms with Crippen LogP contribution in [0, 0.1) is 6.92 Å². The van der Waals surface area contributed by atoms with Crippen molar-refractivity contribution in [2.75, 3.05) is 37.0 Å². The molecule has 7 heteroatoms. The summed E-state index contributed by atoms with van der Waals surface area (Å²) in [6, 6.07) is 13.0.